The van der Waals surface area contributed by atoms with E-state index in [1.165, 1.54) is 6.07 Å². The van der Waals surface area contributed by atoms with E-state index < -0.39 is 0 Å². The first-order chi connectivity index (χ1) is 9.52. The maximum Gasteiger partial charge on any atom is 0.128 e. The number of hydrogen-bond donors (Lipinski definition) is 1. The van der Waals surface area contributed by atoms with E-state index in [2.05, 4.69) is 19.2 Å². The molecule has 0 heterocycles. The predicted molar refractivity (Wildman–Crippen MR) is 79.1 cm³/mol. The van der Waals surface area contributed by atoms with Crippen molar-refractivity contribution in [3.63, 3.8) is 0 Å². The number of ether oxygens (including phenoxy) is 2. The van der Waals surface area contributed by atoms with Crippen LogP contribution < -0.4 is 5.32 Å². The average Bonchev–Trinajstić information content (AvgIpc) is 2.42. The molecule has 0 spiro atoms. The van der Waals surface area contributed by atoms with Crippen LogP contribution in [0.1, 0.15) is 38.8 Å². The van der Waals surface area contributed by atoms with Gasteiger partial charge in [-0.3, -0.25) is 0 Å². The van der Waals surface area contributed by atoms with Crippen LogP contribution in [-0.2, 0) is 22.6 Å². The summed E-state index contributed by atoms with van der Waals surface area (Å²) < 4.78 is 24.6. The predicted octanol–water partition coefficient (Wildman–Crippen LogP) is 3.27. The van der Waals surface area contributed by atoms with Gasteiger partial charge in [0.15, 0.2) is 0 Å². The molecule has 1 N–H and O–H groups in total. The summed E-state index contributed by atoms with van der Waals surface area (Å²) in [5.74, 6) is -0.220. The minimum atomic E-state index is -0.220. The minimum absolute atomic E-state index is 0.0354. The Hall–Kier alpha value is -0.970. The summed E-state index contributed by atoms with van der Waals surface area (Å²) >= 11 is 0. The second-order valence-corrected chi connectivity index (χ2v) is 5.24. The molecule has 0 fully saturated rings. The zero-order chi connectivity index (χ0) is 15.0. The summed E-state index contributed by atoms with van der Waals surface area (Å²) in [4.78, 5) is 0. The van der Waals surface area contributed by atoms with Crippen molar-refractivity contribution >= 4 is 0 Å². The van der Waals surface area contributed by atoms with Crippen LogP contribution in [0.2, 0.25) is 0 Å². The Morgan fingerprint density at radius 1 is 1.25 bits per heavy atom. The fourth-order valence-corrected chi connectivity index (χ4v) is 1.73. The first-order valence-corrected chi connectivity index (χ1v) is 7.23. The summed E-state index contributed by atoms with van der Waals surface area (Å²) in [7, 11) is 0. The molecule has 0 aliphatic heterocycles. The maximum absolute atomic E-state index is 13.7. The van der Waals surface area contributed by atoms with Crippen LogP contribution in [0.5, 0.6) is 0 Å². The molecule has 0 radical (unpaired) electrons. The Labute approximate surface area is 121 Å². The summed E-state index contributed by atoms with van der Waals surface area (Å²) in [6.45, 7) is 10.3. The topological polar surface area (TPSA) is 30.5 Å². The maximum atomic E-state index is 13.7. The van der Waals surface area contributed by atoms with Gasteiger partial charge < -0.3 is 14.8 Å². The molecular formula is C16H26FNO2. The quantitative estimate of drug-likeness (QED) is 0.754. The molecule has 1 aromatic carbocycles. The number of hydrogen-bond acceptors (Lipinski definition) is 3. The Morgan fingerprint density at radius 3 is 2.65 bits per heavy atom. The Bertz CT molecular complexity index is 396. The fraction of sp³-hybridized carbons (Fsp3) is 0.625. The lowest BCUT2D eigenvalue weighted by Crippen LogP contribution is -2.22. The third kappa shape index (κ3) is 6.46. The van der Waals surface area contributed by atoms with Crippen LogP contribution in [0, 0.1) is 5.82 Å². The van der Waals surface area contributed by atoms with Gasteiger partial charge in [-0.05, 0) is 31.5 Å². The summed E-state index contributed by atoms with van der Waals surface area (Å²) in [6.07, 6.45) is -0.0354. The van der Waals surface area contributed by atoms with E-state index in [1.807, 2.05) is 19.9 Å². The number of rotatable bonds is 9. The van der Waals surface area contributed by atoms with Crippen molar-refractivity contribution < 1.29 is 13.9 Å². The highest BCUT2D eigenvalue weighted by molar-refractivity contribution is 5.24. The second kappa shape index (κ2) is 9.06. The largest absolute Gasteiger partial charge is 0.379 e. The van der Waals surface area contributed by atoms with Crippen molar-refractivity contribution in [1.82, 2.24) is 5.32 Å². The first kappa shape index (κ1) is 17.1. The van der Waals surface area contributed by atoms with Gasteiger partial charge in [0.25, 0.3) is 0 Å². The van der Waals surface area contributed by atoms with Gasteiger partial charge in [0, 0.05) is 24.8 Å². The van der Waals surface area contributed by atoms with Crippen molar-refractivity contribution in [2.45, 2.75) is 53.0 Å². The molecule has 114 valence electrons. The zero-order valence-electron chi connectivity index (χ0n) is 12.9. The molecule has 20 heavy (non-hydrogen) atoms. The Morgan fingerprint density at radius 2 is 2.00 bits per heavy atom. The Balaban J connectivity index is 2.53. The molecule has 0 bridgehead atoms. The molecule has 1 atom stereocenters. The monoisotopic (exact) mass is 283 g/mol. The van der Waals surface area contributed by atoms with Gasteiger partial charge >= 0.3 is 0 Å². The van der Waals surface area contributed by atoms with Gasteiger partial charge in [-0.15, -0.1) is 0 Å². The van der Waals surface area contributed by atoms with Crippen molar-refractivity contribution in [3.8, 4) is 0 Å². The van der Waals surface area contributed by atoms with Crippen molar-refractivity contribution in [1.29, 1.82) is 0 Å². The van der Waals surface area contributed by atoms with Crippen LogP contribution in [0.3, 0.4) is 0 Å². The summed E-state index contributed by atoms with van der Waals surface area (Å²) in [6, 6.07) is 5.57. The van der Waals surface area contributed by atoms with E-state index in [-0.39, 0.29) is 18.5 Å². The molecular weight excluding hydrogens is 257 g/mol. The molecule has 3 nitrogen and oxygen atoms in total. The van der Waals surface area contributed by atoms with Crippen LogP contribution >= 0.6 is 0 Å². The van der Waals surface area contributed by atoms with Crippen molar-refractivity contribution in [2.24, 2.45) is 0 Å². The number of nitrogens with one attached hydrogen (secondary N) is 1. The number of halogens is 1. The van der Waals surface area contributed by atoms with Crippen LogP contribution in [-0.4, -0.2) is 25.4 Å². The molecule has 0 aromatic heterocycles. The molecule has 1 aromatic rings. The van der Waals surface area contributed by atoms with Gasteiger partial charge in [0.1, 0.15) is 5.82 Å². The molecule has 4 heteroatoms. The highest BCUT2D eigenvalue weighted by Crippen LogP contribution is 2.13. The molecule has 1 unspecified atom stereocenters. The molecule has 0 saturated heterocycles. The van der Waals surface area contributed by atoms with E-state index in [0.717, 1.165) is 12.1 Å². The third-order valence-corrected chi connectivity index (χ3v) is 2.90. The normalized spacial score (nSPS) is 12.9. The van der Waals surface area contributed by atoms with Crippen LogP contribution in [0.4, 0.5) is 4.39 Å². The van der Waals surface area contributed by atoms with Gasteiger partial charge in [0.05, 0.1) is 19.3 Å². The van der Waals surface area contributed by atoms with E-state index in [9.17, 15) is 4.39 Å². The molecule has 0 aliphatic carbocycles. The lowest BCUT2D eigenvalue weighted by atomic mass is 10.1. The van der Waals surface area contributed by atoms with Gasteiger partial charge in [-0.1, -0.05) is 19.9 Å². The van der Waals surface area contributed by atoms with Gasteiger partial charge in [-0.25, -0.2) is 4.39 Å². The van der Waals surface area contributed by atoms with Gasteiger partial charge in [0.2, 0.25) is 0 Å². The molecule has 0 saturated carbocycles. The lowest BCUT2D eigenvalue weighted by molar-refractivity contribution is -0.0125. The molecule has 0 amide bonds. The standard InChI is InChI=1S/C16H26FNO2/c1-5-19-10-13(4)20-11-15-8-14(6-7-16(15)17)9-18-12(2)3/h6-8,12-13,18H,5,9-11H2,1-4H3. The first-order valence-electron chi connectivity index (χ1n) is 7.23. The molecule has 0 aliphatic rings. The van der Waals surface area contributed by atoms with Gasteiger partial charge in [-0.2, -0.15) is 0 Å². The van der Waals surface area contributed by atoms with E-state index in [1.54, 1.807) is 6.07 Å². The summed E-state index contributed by atoms with van der Waals surface area (Å²) in [5.41, 5.74) is 1.66. The van der Waals surface area contributed by atoms with E-state index in [4.69, 9.17) is 9.47 Å². The highest BCUT2D eigenvalue weighted by atomic mass is 19.1. The lowest BCUT2D eigenvalue weighted by Gasteiger charge is -2.14. The molecule has 1 rings (SSSR count). The fourth-order valence-electron chi connectivity index (χ4n) is 1.73. The zero-order valence-corrected chi connectivity index (χ0v) is 12.9. The minimum Gasteiger partial charge on any atom is -0.379 e. The smallest absolute Gasteiger partial charge is 0.128 e. The third-order valence-electron chi connectivity index (χ3n) is 2.90. The van der Waals surface area contributed by atoms with Crippen molar-refractivity contribution in [2.75, 3.05) is 13.2 Å². The number of benzene rings is 1. The average molecular weight is 283 g/mol. The van der Waals surface area contributed by atoms with E-state index in [0.29, 0.717) is 24.8 Å². The van der Waals surface area contributed by atoms with Crippen LogP contribution in [0.25, 0.3) is 0 Å². The van der Waals surface area contributed by atoms with Crippen molar-refractivity contribution in [3.05, 3.63) is 35.1 Å². The SMILES string of the molecule is CCOCC(C)OCc1cc(CNC(C)C)ccc1F. The highest BCUT2D eigenvalue weighted by Gasteiger charge is 2.08. The summed E-state index contributed by atoms with van der Waals surface area (Å²) in [5, 5.41) is 3.32. The Kier molecular flexibility index (Phi) is 7.73. The van der Waals surface area contributed by atoms with Crippen LogP contribution in [0.15, 0.2) is 18.2 Å². The second-order valence-electron chi connectivity index (χ2n) is 5.24. The van der Waals surface area contributed by atoms with E-state index >= 15 is 0 Å².